The van der Waals surface area contributed by atoms with Crippen LogP contribution in [-0.4, -0.2) is 37.4 Å². The smallest absolute Gasteiger partial charge is 0.261 e. The predicted octanol–water partition coefficient (Wildman–Crippen LogP) is 6.52. The van der Waals surface area contributed by atoms with E-state index in [-0.39, 0.29) is 22.1 Å². The molecule has 1 heterocycles. The van der Waals surface area contributed by atoms with Crippen LogP contribution in [0.25, 0.3) is 0 Å². The summed E-state index contributed by atoms with van der Waals surface area (Å²) in [6, 6.07) is 28.2. The summed E-state index contributed by atoms with van der Waals surface area (Å²) in [5.41, 5.74) is 4.20. The summed E-state index contributed by atoms with van der Waals surface area (Å²) < 4.78 is 28.3. The molecule has 0 bridgehead atoms. The number of halogens is 1. The van der Waals surface area contributed by atoms with Crippen LogP contribution in [0.2, 0.25) is 5.02 Å². The number of anilines is 2. The lowest BCUT2D eigenvalue weighted by Gasteiger charge is -2.24. The van der Waals surface area contributed by atoms with Crippen molar-refractivity contribution in [2.75, 3.05) is 22.3 Å². The number of nitrogens with one attached hydrogen (secondary N) is 2. The fourth-order valence-electron chi connectivity index (χ4n) is 4.49. The van der Waals surface area contributed by atoms with E-state index < -0.39 is 10.0 Å². The molecule has 0 aliphatic carbocycles. The number of nitrogens with zero attached hydrogens (tertiary/aromatic N) is 1. The van der Waals surface area contributed by atoms with Gasteiger partial charge in [0.15, 0.2) is 0 Å². The number of thioether (sulfide) groups is 1. The van der Waals surface area contributed by atoms with Crippen LogP contribution < -0.4 is 10.0 Å². The minimum atomic E-state index is -3.84. The fourth-order valence-corrected chi connectivity index (χ4v) is 7.01. The third kappa shape index (κ3) is 6.93. The number of carbonyl (C=O) groups excluding carboxylic acids is 2. The van der Waals surface area contributed by atoms with E-state index in [4.69, 9.17) is 11.6 Å². The Hall–Kier alpha value is -3.79. The summed E-state index contributed by atoms with van der Waals surface area (Å²) >= 11 is 7.59. The van der Waals surface area contributed by atoms with Crippen molar-refractivity contribution in [1.29, 1.82) is 0 Å². The van der Waals surface area contributed by atoms with Crippen LogP contribution in [0.3, 0.4) is 0 Å². The lowest BCUT2D eigenvalue weighted by molar-refractivity contribution is -0.128. The van der Waals surface area contributed by atoms with Crippen molar-refractivity contribution in [2.45, 2.75) is 23.6 Å². The van der Waals surface area contributed by atoms with Crippen molar-refractivity contribution in [1.82, 2.24) is 4.90 Å². The van der Waals surface area contributed by atoms with Gasteiger partial charge in [0.25, 0.3) is 15.9 Å². The maximum Gasteiger partial charge on any atom is 0.261 e. The van der Waals surface area contributed by atoms with Gasteiger partial charge >= 0.3 is 0 Å². The number of sulfonamides is 1. The van der Waals surface area contributed by atoms with Gasteiger partial charge in [-0.15, -0.1) is 11.8 Å². The largest absolute Gasteiger partial charge is 0.326 e. The van der Waals surface area contributed by atoms with E-state index in [1.807, 2.05) is 35.2 Å². The van der Waals surface area contributed by atoms with Gasteiger partial charge in [0.2, 0.25) is 5.91 Å². The van der Waals surface area contributed by atoms with Gasteiger partial charge in [-0.1, -0.05) is 60.1 Å². The average Bonchev–Trinajstić information content (AvgIpc) is 3.34. The summed E-state index contributed by atoms with van der Waals surface area (Å²) in [5, 5.41) is 3.14. The van der Waals surface area contributed by atoms with Gasteiger partial charge < -0.3 is 10.2 Å². The topological polar surface area (TPSA) is 95.6 Å². The molecule has 1 fully saturated rings. The molecule has 0 aromatic heterocycles. The fraction of sp³-hybridized carbons (Fsp3) is 0.161. The summed E-state index contributed by atoms with van der Waals surface area (Å²) in [6.07, 6.45) is 0.778. The van der Waals surface area contributed by atoms with E-state index in [9.17, 15) is 18.0 Å². The lowest BCUT2D eigenvalue weighted by Crippen LogP contribution is -2.30. The first-order valence-electron chi connectivity index (χ1n) is 12.9. The van der Waals surface area contributed by atoms with Crippen molar-refractivity contribution in [2.24, 2.45) is 0 Å². The molecule has 0 saturated carbocycles. The molecule has 1 aliphatic heterocycles. The quantitative estimate of drug-likeness (QED) is 0.226. The van der Waals surface area contributed by atoms with Gasteiger partial charge in [-0.05, 0) is 78.6 Å². The lowest BCUT2D eigenvalue weighted by atomic mass is 10.1. The molecule has 0 unspecified atom stereocenters. The molecule has 0 spiro atoms. The zero-order chi connectivity index (χ0) is 29.0. The molecule has 1 atom stereocenters. The maximum atomic E-state index is 12.9. The van der Waals surface area contributed by atoms with Crippen LogP contribution in [-0.2, 0) is 21.2 Å². The number of benzene rings is 4. The second kappa shape index (κ2) is 12.4. The Labute approximate surface area is 249 Å². The first-order chi connectivity index (χ1) is 19.7. The van der Waals surface area contributed by atoms with Gasteiger partial charge in [0.05, 0.1) is 16.3 Å². The van der Waals surface area contributed by atoms with E-state index >= 15 is 0 Å². The number of amides is 2. The van der Waals surface area contributed by atoms with Gasteiger partial charge in [-0.2, -0.15) is 0 Å². The van der Waals surface area contributed by atoms with Crippen LogP contribution in [0.5, 0.6) is 0 Å². The minimum absolute atomic E-state index is 0.0552. The zero-order valence-corrected chi connectivity index (χ0v) is 24.6. The molecule has 41 heavy (non-hydrogen) atoms. The van der Waals surface area contributed by atoms with Crippen LogP contribution in [0, 0.1) is 6.92 Å². The number of carbonyl (C=O) groups is 2. The van der Waals surface area contributed by atoms with Crippen LogP contribution in [0.4, 0.5) is 11.4 Å². The predicted molar refractivity (Wildman–Crippen MR) is 165 cm³/mol. The number of aryl methyl sites for hydroxylation is 1. The monoisotopic (exact) mass is 605 g/mol. The van der Waals surface area contributed by atoms with Crippen molar-refractivity contribution < 1.29 is 18.0 Å². The Morgan fingerprint density at radius 2 is 1.68 bits per heavy atom. The molecule has 4 aromatic rings. The summed E-state index contributed by atoms with van der Waals surface area (Å²) in [6.45, 7) is 2.41. The highest BCUT2D eigenvalue weighted by atomic mass is 35.5. The van der Waals surface area contributed by atoms with Gasteiger partial charge in [-0.25, -0.2) is 8.42 Å². The SMILES string of the molecule is Cc1ccc(Cl)cc1NS(=O)(=O)c1ccc(NC(=O)c2ccc([C@@H]3SCC(=O)N3CCc3ccccc3)cc2)cc1. The van der Waals surface area contributed by atoms with Crippen molar-refractivity contribution >= 4 is 56.6 Å². The second-order valence-corrected chi connectivity index (χ2v) is 12.8. The van der Waals surface area contributed by atoms with Crippen molar-refractivity contribution in [3.05, 3.63) is 124 Å². The maximum absolute atomic E-state index is 12.9. The van der Waals surface area contributed by atoms with E-state index in [1.54, 1.807) is 49.0 Å². The summed E-state index contributed by atoms with van der Waals surface area (Å²) in [5.74, 6) is 0.221. The van der Waals surface area contributed by atoms with E-state index in [2.05, 4.69) is 22.2 Å². The zero-order valence-electron chi connectivity index (χ0n) is 22.2. The molecular formula is C31H28ClN3O4S2. The molecule has 210 valence electrons. The van der Waals surface area contributed by atoms with Crippen LogP contribution in [0.1, 0.15) is 32.4 Å². The van der Waals surface area contributed by atoms with E-state index in [0.717, 1.165) is 17.5 Å². The Morgan fingerprint density at radius 3 is 2.39 bits per heavy atom. The highest BCUT2D eigenvalue weighted by Gasteiger charge is 2.32. The molecule has 1 aliphatic rings. The first-order valence-corrected chi connectivity index (χ1v) is 15.9. The summed E-state index contributed by atoms with van der Waals surface area (Å²) in [4.78, 5) is 27.4. The number of hydrogen-bond donors (Lipinski definition) is 2. The molecule has 0 radical (unpaired) electrons. The first kappa shape index (κ1) is 28.7. The molecule has 7 nitrogen and oxygen atoms in total. The molecular weight excluding hydrogens is 578 g/mol. The van der Waals surface area contributed by atoms with Crippen LogP contribution in [0.15, 0.2) is 102 Å². The summed E-state index contributed by atoms with van der Waals surface area (Å²) in [7, 11) is -3.84. The molecule has 5 rings (SSSR count). The number of rotatable bonds is 9. The Morgan fingerprint density at radius 1 is 0.976 bits per heavy atom. The van der Waals surface area contributed by atoms with Crippen molar-refractivity contribution in [3.8, 4) is 0 Å². The van der Waals surface area contributed by atoms with E-state index in [0.29, 0.717) is 34.3 Å². The standard InChI is InChI=1S/C31H28ClN3O4S2/c1-21-7-12-25(32)19-28(21)34-41(38,39)27-15-13-26(14-16-27)33-30(37)23-8-10-24(11-9-23)31-35(29(36)20-40-31)18-17-22-5-3-2-4-6-22/h2-16,19,31,34H,17-18,20H2,1H3,(H,33,37)/t31-/m0/s1. The minimum Gasteiger partial charge on any atom is -0.326 e. The molecule has 2 N–H and O–H groups in total. The third-order valence-electron chi connectivity index (χ3n) is 6.78. The molecule has 2 amide bonds. The third-order valence-corrected chi connectivity index (χ3v) is 9.65. The highest BCUT2D eigenvalue weighted by molar-refractivity contribution is 8.00. The Kier molecular flexibility index (Phi) is 8.68. The van der Waals surface area contributed by atoms with Gasteiger partial charge in [-0.3, -0.25) is 14.3 Å². The number of hydrogen-bond acceptors (Lipinski definition) is 5. The highest BCUT2D eigenvalue weighted by Crippen LogP contribution is 2.38. The average molecular weight is 606 g/mol. The Bertz CT molecular complexity index is 1660. The molecule has 10 heteroatoms. The van der Waals surface area contributed by atoms with Crippen molar-refractivity contribution in [3.63, 3.8) is 0 Å². The van der Waals surface area contributed by atoms with Gasteiger partial charge in [0, 0.05) is 22.8 Å². The Balaban J connectivity index is 1.21. The van der Waals surface area contributed by atoms with Gasteiger partial charge in [0.1, 0.15) is 5.37 Å². The molecule has 1 saturated heterocycles. The normalized spacial score (nSPS) is 15.1. The van der Waals surface area contributed by atoms with Crippen LogP contribution >= 0.6 is 23.4 Å². The second-order valence-electron chi connectivity index (χ2n) is 9.65. The van der Waals surface area contributed by atoms with E-state index in [1.165, 1.54) is 29.8 Å². The molecule has 4 aromatic carbocycles.